The summed E-state index contributed by atoms with van der Waals surface area (Å²) in [5, 5.41) is 3.04. The predicted octanol–water partition coefficient (Wildman–Crippen LogP) is 2.78. The minimum atomic E-state index is 0.194. The van der Waals surface area contributed by atoms with E-state index in [1.54, 1.807) is 0 Å². The van der Waals surface area contributed by atoms with E-state index in [-0.39, 0.29) is 5.91 Å². The second kappa shape index (κ2) is 8.33. The quantitative estimate of drug-likeness (QED) is 0.501. The van der Waals surface area contributed by atoms with E-state index in [2.05, 4.69) is 28.5 Å². The Hall–Kier alpha value is -2.82. The number of fused-ring (bicyclic) bond motifs is 1. The van der Waals surface area contributed by atoms with Gasteiger partial charge in [-0.1, -0.05) is 42.5 Å². The highest BCUT2D eigenvalue weighted by atomic mass is 16.2. The predicted molar refractivity (Wildman–Crippen MR) is 101 cm³/mol. The molecule has 5 nitrogen and oxygen atoms in total. The van der Waals surface area contributed by atoms with Gasteiger partial charge in [0.15, 0.2) is 5.96 Å². The number of carbonyl (C=O) groups excluding carboxylic acids is 1. The largest absolute Gasteiger partial charge is 0.370 e. The van der Waals surface area contributed by atoms with Gasteiger partial charge in [-0.2, -0.15) is 0 Å². The SMILES string of the molecule is NC(=NCCCC(=O)N1CCc2ccccc2C1)Nc1ccccc1. The number of nitrogens with two attached hydrogens (primary N) is 1. The Morgan fingerprint density at radius 1 is 1.08 bits per heavy atom. The van der Waals surface area contributed by atoms with Crippen molar-refractivity contribution in [3.8, 4) is 0 Å². The van der Waals surface area contributed by atoms with Crippen LogP contribution in [-0.2, 0) is 17.8 Å². The van der Waals surface area contributed by atoms with E-state index in [4.69, 9.17) is 5.73 Å². The third kappa shape index (κ3) is 4.83. The van der Waals surface area contributed by atoms with E-state index in [0.29, 0.717) is 25.3 Å². The minimum absolute atomic E-state index is 0.194. The normalized spacial score (nSPS) is 14.1. The topological polar surface area (TPSA) is 70.7 Å². The molecule has 130 valence electrons. The molecule has 2 aromatic carbocycles. The lowest BCUT2D eigenvalue weighted by Crippen LogP contribution is -2.35. The molecule has 1 heterocycles. The van der Waals surface area contributed by atoms with Crippen LogP contribution < -0.4 is 11.1 Å². The number of nitrogens with zero attached hydrogens (tertiary/aromatic N) is 2. The summed E-state index contributed by atoms with van der Waals surface area (Å²) in [4.78, 5) is 18.6. The third-order valence-corrected chi connectivity index (χ3v) is 4.36. The lowest BCUT2D eigenvalue weighted by atomic mass is 9.99. The zero-order valence-corrected chi connectivity index (χ0v) is 14.3. The zero-order valence-electron chi connectivity index (χ0n) is 14.3. The number of rotatable bonds is 5. The molecule has 0 radical (unpaired) electrons. The van der Waals surface area contributed by atoms with Gasteiger partial charge in [-0.3, -0.25) is 9.79 Å². The van der Waals surface area contributed by atoms with Crippen LogP contribution in [0.25, 0.3) is 0 Å². The highest BCUT2D eigenvalue weighted by molar-refractivity contribution is 5.92. The Bertz CT molecular complexity index is 742. The fraction of sp³-hybridized carbons (Fsp3) is 0.300. The molecule has 0 spiro atoms. The van der Waals surface area contributed by atoms with E-state index in [9.17, 15) is 4.79 Å². The van der Waals surface area contributed by atoms with Gasteiger partial charge in [-0.15, -0.1) is 0 Å². The molecular formula is C20H24N4O. The Morgan fingerprint density at radius 3 is 2.60 bits per heavy atom. The summed E-state index contributed by atoms with van der Waals surface area (Å²) >= 11 is 0. The van der Waals surface area contributed by atoms with E-state index >= 15 is 0 Å². The van der Waals surface area contributed by atoms with Gasteiger partial charge in [-0.05, 0) is 36.1 Å². The molecule has 3 rings (SSSR count). The first-order valence-electron chi connectivity index (χ1n) is 8.69. The van der Waals surface area contributed by atoms with Gasteiger partial charge < -0.3 is 16.0 Å². The van der Waals surface area contributed by atoms with Gasteiger partial charge in [0, 0.05) is 31.7 Å². The standard InChI is InChI=1S/C20H24N4O/c21-20(23-18-9-2-1-3-10-18)22-13-6-11-19(25)24-14-12-16-7-4-5-8-17(16)15-24/h1-5,7-10H,6,11-15H2,(H3,21,22,23). The zero-order chi connectivity index (χ0) is 17.5. The summed E-state index contributed by atoms with van der Waals surface area (Å²) in [7, 11) is 0. The van der Waals surface area contributed by atoms with Crippen LogP contribution >= 0.6 is 0 Å². The molecule has 25 heavy (non-hydrogen) atoms. The molecule has 1 amide bonds. The van der Waals surface area contributed by atoms with Gasteiger partial charge in [0.25, 0.3) is 0 Å². The first-order valence-corrected chi connectivity index (χ1v) is 8.69. The number of hydrogen-bond acceptors (Lipinski definition) is 2. The van der Waals surface area contributed by atoms with Crippen molar-refractivity contribution in [3.05, 3.63) is 65.7 Å². The minimum Gasteiger partial charge on any atom is -0.370 e. The van der Waals surface area contributed by atoms with Crippen molar-refractivity contribution in [2.75, 3.05) is 18.4 Å². The Kier molecular flexibility index (Phi) is 5.67. The van der Waals surface area contributed by atoms with Gasteiger partial charge in [-0.25, -0.2) is 0 Å². The van der Waals surface area contributed by atoms with Gasteiger partial charge in [0.1, 0.15) is 0 Å². The third-order valence-electron chi connectivity index (χ3n) is 4.36. The maximum atomic E-state index is 12.4. The molecule has 0 fully saturated rings. The van der Waals surface area contributed by atoms with Crippen LogP contribution in [0.2, 0.25) is 0 Å². The highest BCUT2D eigenvalue weighted by Gasteiger charge is 2.19. The van der Waals surface area contributed by atoms with Crippen LogP contribution in [0.3, 0.4) is 0 Å². The molecule has 0 saturated heterocycles. The van der Waals surface area contributed by atoms with Crippen molar-refractivity contribution >= 4 is 17.6 Å². The van der Waals surface area contributed by atoms with Gasteiger partial charge in [0.2, 0.25) is 5.91 Å². The Morgan fingerprint density at radius 2 is 1.80 bits per heavy atom. The Labute approximate surface area is 148 Å². The summed E-state index contributed by atoms with van der Waals surface area (Å²) in [6, 6.07) is 18.0. The molecule has 0 atom stereocenters. The fourth-order valence-electron chi connectivity index (χ4n) is 3.01. The molecule has 1 aliphatic heterocycles. The van der Waals surface area contributed by atoms with Crippen molar-refractivity contribution < 1.29 is 4.79 Å². The second-order valence-corrected chi connectivity index (χ2v) is 6.20. The number of nitrogens with one attached hydrogen (secondary N) is 1. The first-order chi connectivity index (χ1) is 12.2. The number of anilines is 1. The van der Waals surface area contributed by atoms with Gasteiger partial charge in [0.05, 0.1) is 0 Å². The number of aliphatic imine (C=N–C) groups is 1. The highest BCUT2D eigenvalue weighted by Crippen LogP contribution is 2.19. The van der Waals surface area contributed by atoms with E-state index in [1.165, 1.54) is 11.1 Å². The average molecular weight is 336 g/mol. The smallest absolute Gasteiger partial charge is 0.222 e. The van der Waals surface area contributed by atoms with E-state index in [1.807, 2.05) is 41.3 Å². The number of carbonyl (C=O) groups is 1. The number of guanidine groups is 1. The molecule has 0 aromatic heterocycles. The van der Waals surface area contributed by atoms with E-state index < -0.39 is 0 Å². The fourth-order valence-corrected chi connectivity index (χ4v) is 3.01. The van der Waals surface area contributed by atoms with Crippen molar-refractivity contribution in [3.63, 3.8) is 0 Å². The molecule has 5 heteroatoms. The molecule has 1 aliphatic rings. The van der Waals surface area contributed by atoms with Crippen molar-refractivity contribution in [2.45, 2.75) is 25.8 Å². The average Bonchev–Trinajstić information content (AvgIpc) is 2.65. The summed E-state index contributed by atoms with van der Waals surface area (Å²) in [5.74, 6) is 0.574. The molecule has 0 bridgehead atoms. The molecule has 0 unspecified atom stereocenters. The number of benzene rings is 2. The van der Waals surface area contributed by atoms with Crippen LogP contribution in [0.4, 0.5) is 5.69 Å². The van der Waals surface area contributed by atoms with Crippen LogP contribution in [0.5, 0.6) is 0 Å². The molecular weight excluding hydrogens is 312 g/mol. The monoisotopic (exact) mass is 336 g/mol. The van der Waals surface area contributed by atoms with Crippen LogP contribution in [0, 0.1) is 0 Å². The maximum absolute atomic E-state index is 12.4. The van der Waals surface area contributed by atoms with Gasteiger partial charge >= 0.3 is 0 Å². The van der Waals surface area contributed by atoms with Crippen molar-refractivity contribution in [1.29, 1.82) is 0 Å². The van der Waals surface area contributed by atoms with Crippen molar-refractivity contribution in [2.24, 2.45) is 10.7 Å². The van der Waals surface area contributed by atoms with Crippen molar-refractivity contribution in [1.82, 2.24) is 4.90 Å². The second-order valence-electron chi connectivity index (χ2n) is 6.20. The molecule has 3 N–H and O–H groups in total. The summed E-state index contributed by atoms with van der Waals surface area (Å²) in [6.07, 6.45) is 2.15. The van der Waals surface area contributed by atoms with Crippen LogP contribution in [0.15, 0.2) is 59.6 Å². The first kappa shape index (κ1) is 17.0. The molecule has 0 saturated carbocycles. The molecule has 0 aliphatic carbocycles. The molecule has 2 aromatic rings. The summed E-state index contributed by atoms with van der Waals surface area (Å²) in [5.41, 5.74) is 9.39. The lowest BCUT2D eigenvalue weighted by Gasteiger charge is -2.28. The summed E-state index contributed by atoms with van der Waals surface area (Å²) in [6.45, 7) is 2.06. The summed E-state index contributed by atoms with van der Waals surface area (Å²) < 4.78 is 0. The Balaban J connectivity index is 1.42. The van der Waals surface area contributed by atoms with Crippen LogP contribution in [0.1, 0.15) is 24.0 Å². The van der Waals surface area contributed by atoms with E-state index in [0.717, 1.165) is 25.2 Å². The number of hydrogen-bond donors (Lipinski definition) is 2. The van der Waals surface area contributed by atoms with Crippen LogP contribution in [-0.4, -0.2) is 29.9 Å². The lowest BCUT2D eigenvalue weighted by molar-refractivity contribution is -0.132. The number of para-hydroxylation sites is 1. The maximum Gasteiger partial charge on any atom is 0.222 e. The number of amides is 1.